The summed E-state index contributed by atoms with van der Waals surface area (Å²) in [6.07, 6.45) is 2.39. The molecule has 0 aromatic heterocycles. The SMILES string of the molecule is CCC([SiH3])(CC)O[SiH](C)C. The average molecular weight is 176 g/mol. The Morgan fingerprint density at radius 3 is 1.80 bits per heavy atom. The highest BCUT2D eigenvalue weighted by Gasteiger charge is 2.20. The zero-order valence-corrected chi connectivity index (χ0v) is 11.1. The molecule has 0 N–H and O–H groups in total. The first-order valence-corrected chi connectivity index (χ1v) is 8.00. The average Bonchev–Trinajstić information content (AvgIpc) is 1.87. The minimum Gasteiger partial charge on any atom is -0.419 e. The fraction of sp³-hybridized carbons (Fsp3) is 1.00. The van der Waals surface area contributed by atoms with E-state index in [1.807, 2.05) is 0 Å². The maximum absolute atomic E-state index is 5.94. The molecule has 1 nitrogen and oxygen atoms in total. The van der Waals surface area contributed by atoms with Crippen molar-refractivity contribution in [3.63, 3.8) is 0 Å². The molecule has 0 saturated carbocycles. The van der Waals surface area contributed by atoms with Gasteiger partial charge in [-0.15, -0.1) is 0 Å². The number of hydrogen-bond donors (Lipinski definition) is 0. The van der Waals surface area contributed by atoms with Gasteiger partial charge in [-0.3, -0.25) is 0 Å². The van der Waals surface area contributed by atoms with Crippen LogP contribution in [0.1, 0.15) is 26.7 Å². The quantitative estimate of drug-likeness (QED) is 0.578. The fourth-order valence-electron chi connectivity index (χ4n) is 0.986. The summed E-state index contributed by atoms with van der Waals surface area (Å²) in [7, 11) is 0.384. The van der Waals surface area contributed by atoms with Gasteiger partial charge in [-0.1, -0.05) is 13.8 Å². The van der Waals surface area contributed by atoms with Gasteiger partial charge in [0, 0.05) is 15.5 Å². The Morgan fingerprint density at radius 2 is 1.70 bits per heavy atom. The van der Waals surface area contributed by atoms with E-state index in [1.54, 1.807) is 0 Å². The summed E-state index contributed by atoms with van der Waals surface area (Å²) in [6.45, 7) is 8.95. The van der Waals surface area contributed by atoms with E-state index < -0.39 is 9.04 Å². The van der Waals surface area contributed by atoms with E-state index in [9.17, 15) is 0 Å². The Bertz CT molecular complexity index is 89.6. The van der Waals surface area contributed by atoms with Crippen LogP contribution < -0.4 is 0 Å². The van der Waals surface area contributed by atoms with Gasteiger partial charge in [-0.2, -0.15) is 0 Å². The maximum atomic E-state index is 5.94. The third-order valence-electron chi connectivity index (χ3n) is 2.02. The van der Waals surface area contributed by atoms with Crippen molar-refractivity contribution in [3.05, 3.63) is 0 Å². The van der Waals surface area contributed by atoms with Crippen LogP contribution >= 0.6 is 0 Å². The summed E-state index contributed by atoms with van der Waals surface area (Å²) in [6, 6.07) is 0. The van der Waals surface area contributed by atoms with E-state index in [1.165, 1.54) is 23.1 Å². The van der Waals surface area contributed by atoms with Crippen molar-refractivity contribution < 1.29 is 4.43 Å². The molecule has 0 aromatic rings. The minimum atomic E-state index is -0.796. The van der Waals surface area contributed by atoms with E-state index in [4.69, 9.17) is 4.43 Å². The van der Waals surface area contributed by atoms with Gasteiger partial charge in [0.25, 0.3) is 0 Å². The van der Waals surface area contributed by atoms with E-state index in [0.717, 1.165) is 0 Å². The largest absolute Gasteiger partial charge is 0.419 e. The van der Waals surface area contributed by atoms with E-state index in [-0.39, 0.29) is 0 Å². The van der Waals surface area contributed by atoms with Gasteiger partial charge in [0.2, 0.25) is 0 Å². The first kappa shape index (κ1) is 10.4. The summed E-state index contributed by atoms with van der Waals surface area (Å²) in [5, 5.41) is 0.306. The van der Waals surface area contributed by atoms with Crippen molar-refractivity contribution in [2.24, 2.45) is 0 Å². The Balaban J connectivity index is 3.80. The molecule has 0 fully saturated rings. The summed E-state index contributed by atoms with van der Waals surface area (Å²) in [5.74, 6) is 0. The van der Waals surface area contributed by atoms with Gasteiger partial charge < -0.3 is 4.43 Å². The molecule has 3 heteroatoms. The third-order valence-corrected chi connectivity index (χ3v) is 5.18. The second-order valence-corrected chi connectivity index (χ2v) is 7.48. The molecule has 0 unspecified atom stereocenters. The lowest BCUT2D eigenvalue weighted by atomic mass is 10.2. The van der Waals surface area contributed by atoms with Crippen LogP contribution in [0.2, 0.25) is 13.1 Å². The molecule has 62 valence electrons. The summed E-state index contributed by atoms with van der Waals surface area (Å²) < 4.78 is 5.94. The van der Waals surface area contributed by atoms with Gasteiger partial charge in [0.15, 0.2) is 9.04 Å². The molecule has 0 spiro atoms. The van der Waals surface area contributed by atoms with Gasteiger partial charge >= 0.3 is 0 Å². The predicted molar refractivity (Wildman–Crippen MR) is 53.2 cm³/mol. The zero-order chi connectivity index (χ0) is 8.20. The van der Waals surface area contributed by atoms with Gasteiger partial charge in [0.1, 0.15) is 0 Å². The highest BCUT2D eigenvalue weighted by Crippen LogP contribution is 2.16. The molecule has 0 amide bonds. The van der Waals surface area contributed by atoms with Crippen molar-refractivity contribution in [1.82, 2.24) is 0 Å². The first-order chi connectivity index (χ1) is 4.54. The smallest absolute Gasteiger partial charge is 0.171 e. The molecule has 0 heterocycles. The van der Waals surface area contributed by atoms with E-state index in [2.05, 4.69) is 26.9 Å². The van der Waals surface area contributed by atoms with Crippen molar-refractivity contribution in [3.8, 4) is 0 Å². The lowest BCUT2D eigenvalue weighted by Gasteiger charge is -2.30. The van der Waals surface area contributed by atoms with Crippen LogP contribution in [0.3, 0.4) is 0 Å². The van der Waals surface area contributed by atoms with Crippen LogP contribution in [0, 0.1) is 0 Å². The standard InChI is InChI=1S/C7H20OSi2/c1-5-7(9,6-2)8-10(3)4/h10H,5-6H2,1-4,9H3. The lowest BCUT2D eigenvalue weighted by Crippen LogP contribution is -2.35. The second-order valence-electron chi connectivity index (χ2n) is 3.32. The molecule has 0 bridgehead atoms. The highest BCUT2D eigenvalue weighted by molar-refractivity contribution is 6.49. The molecule has 0 atom stereocenters. The van der Waals surface area contributed by atoms with Crippen LogP contribution in [0.15, 0.2) is 0 Å². The van der Waals surface area contributed by atoms with Crippen molar-refractivity contribution in [2.75, 3.05) is 0 Å². The van der Waals surface area contributed by atoms with Gasteiger partial charge in [0.05, 0.1) is 0 Å². The third kappa shape index (κ3) is 3.53. The maximum Gasteiger partial charge on any atom is 0.171 e. The normalized spacial score (nSPS) is 12.9. The van der Waals surface area contributed by atoms with Crippen LogP contribution in [0.25, 0.3) is 0 Å². The molecule has 0 rings (SSSR count). The topological polar surface area (TPSA) is 9.23 Å². The molecule has 0 saturated heterocycles. The second kappa shape index (κ2) is 4.31. The summed E-state index contributed by atoms with van der Waals surface area (Å²) in [5.41, 5.74) is 0. The van der Waals surface area contributed by atoms with E-state index in [0.29, 0.717) is 5.22 Å². The fourth-order valence-corrected chi connectivity index (χ4v) is 3.87. The number of rotatable bonds is 4. The van der Waals surface area contributed by atoms with Crippen LogP contribution in [-0.4, -0.2) is 24.5 Å². The van der Waals surface area contributed by atoms with Crippen molar-refractivity contribution in [2.45, 2.75) is 45.0 Å². The zero-order valence-electron chi connectivity index (χ0n) is 7.90. The van der Waals surface area contributed by atoms with E-state index >= 15 is 0 Å². The molecule has 0 aliphatic heterocycles. The molecular weight excluding hydrogens is 156 g/mol. The molecule has 0 aliphatic rings. The Morgan fingerprint density at radius 1 is 1.30 bits per heavy atom. The van der Waals surface area contributed by atoms with Crippen LogP contribution in [0.5, 0.6) is 0 Å². The minimum absolute atomic E-state index is 0.306. The Labute approximate surface area is 69.3 Å². The van der Waals surface area contributed by atoms with Crippen molar-refractivity contribution in [1.29, 1.82) is 0 Å². The number of hydrogen-bond acceptors (Lipinski definition) is 1. The van der Waals surface area contributed by atoms with Crippen LogP contribution in [0.4, 0.5) is 0 Å². The van der Waals surface area contributed by atoms with Crippen molar-refractivity contribution >= 4 is 19.3 Å². The Kier molecular flexibility index (Phi) is 4.48. The highest BCUT2D eigenvalue weighted by atomic mass is 28.3. The van der Waals surface area contributed by atoms with Gasteiger partial charge in [-0.05, 0) is 25.9 Å². The molecule has 0 radical (unpaired) electrons. The van der Waals surface area contributed by atoms with Gasteiger partial charge in [-0.25, -0.2) is 0 Å². The first-order valence-electron chi connectivity index (χ1n) is 4.22. The van der Waals surface area contributed by atoms with Crippen LogP contribution in [-0.2, 0) is 4.43 Å². The lowest BCUT2D eigenvalue weighted by molar-refractivity contribution is 0.149. The summed E-state index contributed by atoms with van der Waals surface area (Å²) >= 11 is 0. The predicted octanol–water partition coefficient (Wildman–Crippen LogP) is 0.868. The summed E-state index contributed by atoms with van der Waals surface area (Å²) in [4.78, 5) is 0. The molecule has 0 aliphatic carbocycles. The molecule has 0 aromatic carbocycles. The monoisotopic (exact) mass is 176 g/mol. The molecule has 10 heavy (non-hydrogen) atoms. The molecular formula is C7H20OSi2. The Hall–Kier alpha value is 0.394.